The number of rotatable bonds is 2. The van der Waals surface area contributed by atoms with Crippen LogP contribution in [0.4, 0.5) is 5.69 Å². The van der Waals surface area contributed by atoms with Gasteiger partial charge in [0.1, 0.15) is 0 Å². The largest absolute Gasteiger partial charge is 0.382 e. The highest BCUT2D eigenvalue weighted by Crippen LogP contribution is 2.30. The first-order valence-electron chi connectivity index (χ1n) is 6.01. The van der Waals surface area contributed by atoms with Crippen LogP contribution in [0.2, 0.25) is 0 Å². The predicted molar refractivity (Wildman–Crippen MR) is 66.2 cm³/mol. The lowest BCUT2D eigenvalue weighted by Gasteiger charge is -2.33. The number of fused-ring (bicyclic) bond motifs is 1. The monoisotopic (exact) mass is 203 g/mol. The maximum atomic E-state index is 3.68. The van der Waals surface area contributed by atoms with E-state index in [0.29, 0.717) is 6.04 Å². The summed E-state index contributed by atoms with van der Waals surface area (Å²) < 4.78 is 0. The van der Waals surface area contributed by atoms with Crippen LogP contribution in [0.5, 0.6) is 0 Å². The topological polar surface area (TPSA) is 12.0 Å². The van der Waals surface area contributed by atoms with E-state index in [2.05, 4.69) is 50.4 Å². The van der Waals surface area contributed by atoms with Gasteiger partial charge in [-0.3, -0.25) is 0 Å². The Hall–Kier alpha value is -0.980. The van der Waals surface area contributed by atoms with E-state index in [1.54, 1.807) is 0 Å². The van der Waals surface area contributed by atoms with Crippen LogP contribution in [0, 0.1) is 11.8 Å². The van der Waals surface area contributed by atoms with E-state index in [4.69, 9.17) is 0 Å². The minimum Gasteiger partial charge on any atom is -0.382 e. The van der Waals surface area contributed by atoms with Crippen LogP contribution in [0.15, 0.2) is 24.3 Å². The highest BCUT2D eigenvalue weighted by Gasteiger charge is 2.24. The summed E-state index contributed by atoms with van der Waals surface area (Å²) >= 11 is 0. The van der Waals surface area contributed by atoms with Gasteiger partial charge in [-0.2, -0.15) is 0 Å². The molecule has 0 spiro atoms. The van der Waals surface area contributed by atoms with E-state index in [-0.39, 0.29) is 0 Å². The molecule has 1 heterocycles. The lowest BCUT2D eigenvalue weighted by Crippen LogP contribution is -2.34. The quantitative estimate of drug-likeness (QED) is 0.772. The Bertz CT molecular complexity index is 330. The van der Waals surface area contributed by atoms with Gasteiger partial charge in [0.2, 0.25) is 0 Å². The van der Waals surface area contributed by atoms with Crippen molar-refractivity contribution in [1.29, 1.82) is 0 Å². The van der Waals surface area contributed by atoms with Crippen LogP contribution in [0.1, 0.15) is 32.8 Å². The second-order valence-corrected chi connectivity index (χ2v) is 5.22. The van der Waals surface area contributed by atoms with Crippen LogP contribution >= 0.6 is 0 Å². The van der Waals surface area contributed by atoms with Crippen LogP contribution in [-0.4, -0.2) is 6.04 Å². The Morgan fingerprint density at radius 1 is 1.33 bits per heavy atom. The first-order chi connectivity index (χ1) is 7.16. The summed E-state index contributed by atoms with van der Waals surface area (Å²) in [6, 6.07) is 9.35. The van der Waals surface area contributed by atoms with Crippen molar-refractivity contribution < 1.29 is 0 Å². The molecule has 82 valence electrons. The van der Waals surface area contributed by atoms with Crippen LogP contribution < -0.4 is 5.32 Å². The SMILES string of the molecule is CC(C)CC1Nc2ccccc2CC1C. The Balaban J connectivity index is 2.14. The fourth-order valence-corrected chi connectivity index (χ4v) is 2.47. The summed E-state index contributed by atoms with van der Waals surface area (Å²) in [5.41, 5.74) is 2.83. The Morgan fingerprint density at radius 2 is 2.07 bits per heavy atom. The van der Waals surface area contributed by atoms with Crippen LogP contribution in [0.25, 0.3) is 0 Å². The fraction of sp³-hybridized carbons (Fsp3) is 0.571. The summed E-state index contributed by atoms with van der Waals surface area (Å²) in [5.74, 6) is 1.53. The van der Waals surface area contributed by atoms with E-state index in [0.717, 1.165) is 11.8 Å². The second-order valence-electron chi connectivity index (χ2n) is 5.22. The lowest BCUT2D eigenvalue weighted by atomic mass is 9.84. The van der Waals surface area contributed by atoms with E-state index < -0.39 is 0 Å². The van der Waals surface area contributed by atoms with Gasteiger partial charge in [-0.25, -0.2) is 0 Å². The van der Waals surface area contributed by atoms with E-state index in [1.807, 2.05) is 0 Å². The molecule has 0 radical (unpaired) electrons. The molecule has 2 unspecified atom stereocenters. The molecule has 1 aromatic rings. The average Bonchev–Trinajstić information content (AvgIpc) is 2.18. The van der Waals surface area contributed by atoms with Crippen molar-refractivity contribution in [3.05, 3.63) is 29.8 Å². The molecule has 0 bridgehead atoms. The summed E-state index contributed by atoms with van der Waals surface area (Å²) in [7, 11) is 0. The summed E-state index contributed by atoms with van der Waals surface area (Å²) in [4.78, 5) is 0. The van der Waals surface area contributed by atoms with Gasteiger partial charge < -0.3 is 5.32 Å². The van der Waals surface area contributed by atoms with E-state index in [1.165, 1.54) is 24.1 Å². The van der Waals surface area contributed by atoms with Gasteiger partial charge in [-0.1, -0.05) is 39.0 Å². The molecule has 0 saturated heterocycles. The Kier molecular flexibility index (Phi) is 2.99. The van der Waals surface area contributed by atoms with Crippen LogP contribution in [0.3, 0.4) is 0 Å². The molecular formula is C14H21N. The van der Waals surface area contributed by atoms with Gasteiger partial charge in [0.05, 0.1) is 0 Å². The van der Waals surface area contributed by atoms with Crippen molar-refractivity contribution in [3.8, 4) is 0 Å². The molecular weight excluding hydrogens is 182 g/mol. The van der Waals surface area contributed by atoms with Crippen molar-refractivity contribution >= 4 is 5.69 Å². The lowest BCUT2D eigenvalue weighted by molar-refractivity contribution is 0.394. The number of para-hydroxylation sites is 1. The van der Waals surface area contributed by atoms with Crippen molar-refractivity contribution in [1.82, 2.24) is 0 Å². The molecule has 2 atom stereocenters. The molecule has 1 N–H and O–H groups in total. The molecule has 0 fully saturated rings. The van der Waals surface area contributed by atoms with Gasteiger partial charge in [0, 0.05) is 11.7 Å². The standard InChI is InChI=1S/C14H21N/c1-10(2)8-14-11(3)9-12-6-4-5-7-13(12)15-14/h4-7,10-11,14-15H,8-9H2,1-3H3. The molecule has 2 rings (SSSR count). The summed E-state index contributed by atoms with van der Waals surface area (Å²) in [5, 5.41) is 3.68. The third-order valence-corrected chi connectivity index (χ3v) is 3.31. The highest BCUT2D eigenvalue weighted by molar-refractivity contribution is 5.54. The summed E-state index contributed by atoms with van der Waals surface area (Å²) in [6.45, 7) is 6.96. The normalized spacial score (nSPS) is 24.8. The maximum absolute atomic E-state index is 3.68. The maximum Gasteiger partial charge on any atom is 0.0375 e. The third kappa shape index (κ3) is 2.34. The van der Waals surface area contributed by atoms with Crippen molar-refractivity contribution in [2.45, 2.75) is 39.7 Å². The number of benzene rings is 1. The minimum atomic E-state index is 0.653. The molecule has 1 heteroatoms. The molecule has 0 saturated carbocycles. The zero-order chi connectivity index (χ0) is 10.8. The first kappa shape index (κ1) is 10.5. The predicted octanol–water partition coefficient (Wildman–Crippen LogP) is 3.71. The number of hydrogen-bond acceptors (Lipinski definition) is 1. The third-order valence-electron chi connectivity index (χ3n) is 3.31. The van der Waals surface area contributed by atoms with E-state index in [9.17, 15) is 0 Å². The molecule has 0 aromatic heterocycles. The zero-order valence-electron chi connectivity index (χ0n) is 9.96. The summed E-state index contributed by atoms with van der Waals surface area (Å²) in [6.07, 6.45) is 2.50. The molecule has 15 heavy (non-hydrogen) atoms. The molecule has 0 aliphatic carbocycles. The highest BCUT2D eigenvalue weighted by atomic mass is 14.9. The molecule has 1 aliphatic heterocycles. The number of hydrogen-bond donors (Lipinski definition) is 1. The van der Waals surface area contributed by atoms with E-state index >= 15 is 0 Å². The first-order valence-corrected chi connectivity index (χ1v) is 6.01. The average molecular weight is 203 g/mol. The van der Waals surface area contributed by atoms with Gasteiger partial charge in [-0.15, -0.1) is 0 Å². The second kappa shape index (κ2) is 4.26. The van der Waals surface area contributed by atoms with Gasteiger partial charge >= 0.3 is 0 Å². The molecule has 1 aliphatic rings. The molecule has 1 aromatic carbocycles. The fourth-order valence-electron chi connectivity index (χ4n) is 2.47. The number of anilines is 1. The number of nitrogens with one attached hydrogen (secondary N) is 1. The van der Waals surface area contributed by atoms with Crippen molar-refractivity contribution in [3.63, 3.8) is 0 Å². The Morgan fingerprint density at radius 3 is 2.80 bits per heavy atom. The van der Waals surface area contributed by atoms with Gasteiger partial charge in [-0.05, 0) is 36.3 Å². The Labute approximate surface area is 92.9 Å². The van der Waals surface area contributed by atoms with Crippen molar-refractivity contribution in [2.24, 2.45) is 11.8 Å². The molecule has 1 nitrogen and oxygen atoms in total. The van der Waals surface area contributed by atoms with Crippen LogP contribution in [-0.2, 0) is 6.42 Å². The smallest absolute Gasteiger partial charge is 0.0375 e. The molecule has 0 amide bonds. The minimum absolute atomic E-state index is 0.653. The van der Waals surface area contributed by atoms with Gasteiger partial charge in [0.15, 0.2) is 0 Å². The van der Waals surface area contributed by atoms with Gasteiger partial charge in [0.25, 0.3) is 0 Å². The van der Waals surface area contributed by atoms with Crippen molar-refractivity contribution in [2.75, 3.05) is 5.32 Å². The zero-order valence-corrected chi connectivity index (χ0v) is 9.96.